The van der Waals surface area contributed by atoms with Gasteiger partial charge in [-0.2, -0.15) is 0 Å². The first-order valence-corrected chi connectivity index (χ1v) is 5.39. The molecule has 1 unspecified atom stereocenters. The van der Waals surface area contributed by atoms with Crippen LogP contribution in [-0.4, -0.2) is 36.3 Å². The lowest BCUT2D eigenvalue weighted by Crippen LogP contribution is -2.43. The third-order valence-corrected chi connectivity index (χ3v) is 2.50. The van der Waals surface area contributed by atoms with Crippen molar-refractivity contribution in [2.24, 2.45) is 0 Å². The number of hydrogen-bond acceptors (Lipinski definition) is 3. The molecule has 93 valence electrons. The summed E-state index contributed by atoms with van der Waals surface area (Å²) < 4.78 is 7.96. The van der Waals surface area contributed by atoms with Crippen LogP contribution >= 0.6 is 0 Å². The summed E-state index contributed by atoms with van der Waals surface area (Å²) in [6, 6.07) is 4.71. The monoisotopic (exact) mass is 247 g/mol. The van der Waals surface area contributed by atoms with Gasteiger partial charge in [-0.25, -0.2) is 14.5 Å². The molecule has 1 aromatic rings. The number of nitrogens with zero attached hydrogens (tertiary/aromatic N) is 1. The van der Waals surface area contributed by atoms with Crippen LogP contribution in [-0.2, 0) is 4.79 Å². The predicted octanol–water partition coefficient (Wildman–Crippen LogP) is 0.572. The van der Waals surface area contributed by atoms with Gasteiger partial charge in [-0.1, -0.05) is 30.3 Å². The van der Waals surface area contributed by atoms with Crippen molar-refractivity contribution in [2.75, 3.05) is 13.1 Å². The molecule has 0 saturated carbocycles. The molecule has 2 N–H and O–H groups in total. The van der Waals surface area contributed by atoms with Crippen molar-refractivity contribution in [3.63, 3.8) is 0 Å². The highest BCUT2D eigenvalue weighted by molar-refractivity contribution is 5.95. The van der Waals surface area contributed by atoms with Gasteiger partial charge in [0.2, 0.25) is 6.29 Å². The molecule has 1 fully saturated rings. The fourth-order valence-electron chi connectivity index (χ4n) is 1.60. The maximum absolute atomic E-state index is 11.9. The summed E-state index contributed by atoms with van der Waals surface area (Å²) in [5.41, 5.74) is 0.276. The number of rotatable bonds is 3. The Morgan fingerprint density at radius 1 is 1.50 bits per heavy atom. The van der Waals surface area contributed by atoms with Crippen LogP contribution in [0.4, 0.5) is 9.59 Å². The number of carbonyl (C=O) groups is 2. The van der Waals surface area contributed by atoms with Crippen LogP contribution in [0.1, 0.15) is 13.0 Å². The first-order chi connectivity index (χ1) is 9.07. The topological polar surface area (TPSA) is 78.5 Å². The maximum atomic E-state index is 11.9. The number of benzene rings is 1. The fourth-order valence-corrected chi connectivity index (χ4v) is 1.60. The largest absolute Gasteiger partial charge is 0.336 e. The zero-order valence-corrected chi connectivity index (χ0v) is 9.47. The Morgan fingerprint density at radius 3 is 2.78 bits per heavy atom. The minimum absolute atomic E-state index is 0.203. The minimum Gasteiger partial charge on any atom is -0.336 e. The summed E-state index contributed by atoms with van der Waals surface area (Å²) >= 11 is 0. The molecule has 2 rings (SSSR count). The van der Waals surface area contributed by atoms with Gasteiger partial charge in [0.15, 0.2) is 0 Å². The van der Waals surface area contributed by atoms with Crippen LogP contribution in [0.5, 0.6) is 0 Å². The molecule has 1 aliphatic rings. The van der Waals surface area contributed by atoms with Crippen molar-refractivity contribution in [1.29, 1.82) is 0 Å². The third-order valence-electron chi connectivity index (χ3n) is 2.50. The minimum atomic E-state index is -2.03. The molecule has 6 heteroatoms. The molecule has 4 amide bonds. The van der Waals surface area contributed by atoms with Gasteiger partial charge in [0, 0.05) is 13.1 Å². The molecule has 1 aromatic carbocycles. The van der Waals surface area contributed by atoms with E-state index in [4.69, 9.17) is 1.37 Å². The molecule has 0 bridgehead atoms. The quantitative estimate of drug-likeness (QED) is 0.819. The fraction of sp³-hybridized carbons (Fsp3) is 0.250. The molecule has 1 aliphatic heterocycles. The van der Waals surface area contributed by atoms with E-state index in [1.807, 2.05) is 0 Å². The van der Waals surface area contributed by atoms with E-state index in [9.17, 15) is 14.4 Å². The maximum Gasteiger partial charge on any atom is 0.326 e. The third kappa shape index (κ3) is 2.48. The summed E-state index contributed by atoms with van der Waals surface area (Å²) in [7, 11) is 0. The zero-order valence-electron chi connectivity index (χ0n) is 10.5. The summed E-state index contributed by atoms with van der Waals surface area (Å²) in [6.07, 6.45) is 1.49. The van der Waals surface area contributed by atoms with Crippen molar-refractivity contribution in [2.45, 2.75) is 6.02 Å². The second-order valence-electron chi connectivity index (χ2n) is 3.66. The van der Waals surface area contributed by atoms with E-state index in [0.29, 0.717) is 6.54 Å². The second-order valence-corrected chi connectivity index (χ2v) is 3.66. The van der Waals surface area contributed by atoms with E-state index in [1.54, 1.807) is 18.2 Å². The Labute approximate surface area is 105 Å². The molecule has 0 aliphatic carbocycles. The Morgan fingerprint density at radius 2 is 2.22 bits per heavy atom. The van der Waals surface area contributed by atoms with Crippen molar-refractivity contribution >= 4 is 18.3 Å². The lowest BCUT2D eigenvalue weighted by molar-refractivity contribution is 0.197. The van der Waals surface area contributed by atoms with Crippen molar-refractivity contribution < 1.29 is 15.8 Å². The Hall–Kier alpha value is -2.37. The summed E-state index contributed by atoms with van der Waals surface area (Å²) in [4.78, 5) is 35.1. The standard InChI is InChI=1S/C12H12N3O3/c16-8-10(9-4-2-1-3-5-9)14-12(18)15-7-6-13-11(15)17/h1-5,10H,6-7H2,(H,13,17)(H,14,18)/i10D. The highest BCUT2D eigenvalue weighted by atomic mass is 16.2. The Balaban J connectivity index is 2.17. The number of carbonyl (C=O) groups excluding carboxylic acids is 3. The Kier molecular flexibility index (Phi) is 3.17. The number of amides is 4. The summed E-state index contributed by atoms with van der Waals surface area (Å²) in [5, 5.41) is 4.66. The molecular weight excluding hydrogens is 234 g/mol. The summed E-state index contributed by atoms with van der Waals surface area (Å²) in [6.45, 7) is 0.557. The first kappa shape index (κ1) is 10.8. The van der Waals surface area contributed by atoms with Crippen molar-refractivity contribution in [3.05, 3.63) is 35.9 Å². The lowest BCUT2D eigenvalue weighted by atomic mass is 10.1. The van der Waals surface area contributed by atoms with Gasteiger partial charge in [0.05, 0.1) is 1.37 Å². The number of nitrogens with one attached hydrogen (secondary N) is 2. The van der Waals surface area contributed by atoms with E-state index in [-0.39, 0.29) is 12.1 Å². The summed E-state index contributed by atoms with van der Waals surface area (Å²) in [5.74, 6) is 0. The first-order valence-electron chi connectivity index (χ1n) is 5.89. The second kappa shape index (κ2) is 5.31. The highest BCUT2D eigenvalue weighted by Gasteiger charge is 2.28. The number of imide groups is 1. The van der Waals surface area contributed by atoms with Crippen LogP contribution in [0, 0.1) is 0 Å². The smallest absolute Gasteiger partial charge is 0.326 e. The van der Waals surface area contributed by atoms with Crippen molar-refractivity contribution in [3.8, 4) is 0 Å². The predicted molar refractivity (Wildman–Crippen MR) is 63.5 cm³/mol. The number of urea groups is 2. The normalized spacial score (nSPS) is 18.6. The van der Waals surface area contributed by atoms with E-state index in [2.05, 4.69) is 10.6 Å². The van der Waals surface area contributed by atoms with Gasteiger partial charge in [-0.05, 0) is 5.56 Å². The van der Waals surface area contributed by atoms with E-state index < -0.39 is 18.1 Å². The molecule has 0 spiro atoms. The average molecular weight is 247 g/mol. The van der Waals surface area contributed by atoms with Crippen LogP contribution in [0.15, 0.2) is 30.3 Å². The molecule has 0 aromatic heterocycles. The van der Waals surface area contributed by atoms with Gasteiger partial charge < -0.3 is 10.6 Å². The highest BCUT2D eigenvalue weighted by Crippen LogP contribution is 2.10. The zero-order chi connectivity index (χ0) is 13.9. The molecule has 1 saturated heterocycles. The van der Waals surface area contributed by atoms with Crippen LogP contribution in [0.3, 0.4) is 0 Å². The van der Waals surface area contributed by atoms with Gasteiger partial charge in [0.25, 0.3) is 0 Å². The molecule has 18 heavy (non-hydrogen) atoms. The molecule has 1 radical (unpaired) electrons. The van der Waals surface area contributed by atoms with Gasteiger partial charge in [-0.15, -0.1) is 0 Å². The van der Waals surface area contributed by atoms with Crippen LogP contribution in [0.25, 0.3) is 0 Å². The molecule has 1 atom stereocenters. The van der Waals surface area contributed by atoms with E-state index in [1.165, 1.54) is 18.4 Å². The molecule has 1 heterocycles. The van der Waals surface area contributed by atoms with Crippen molar-refractivity contribution in [1.82, 2.24) is 15.5 Å². The van der Waals surface area contributed by atoms with E-state index in [0.717, 1.165) is 4.90 Å². The molecule has 6 nitrogen and oxygen atoms in total. The van der Waals surface area contributed by atoms with Crippen LogP contribution < -0.4 is 10.6 Å². The number of hydrogen-bond donors (Lipinski definition) is 2. The van der Waals surface area contributed by atoms with Gasteiger partial charge >= 0.3 is 12.1 Å². The van der Waals surface area contributed by atoms with Gasteiger partial charge in [0.1, 0.15) is 6.02 Å². The molecular formula is C12H12N3O3. The lowest BCUT2D eigenvalue weighted by Gasteiger charge is -2.17. The van der Waals surface area contributed by atoms with Crippen LogP contribution in [0.2, 0.25) is 0 Å². The van der Waals surface area contributed by atoms with E-state index >= 15 is 0 Å². The SMILES string of the molecule is [2H]C([C]=O)(NC(=O)N1CCNC1=O)c1ccccc1. The average Bonchev–Trinajstić information content (AvgIpc) is 2.86. The Bertz CT molecular complexity index is 508. The van der Waals surface area contributed by atoms with Gasteiger partial charge in [-0.3, -0.25) is 4.79 Å².